The zero-order valence-electron chi connectivity index (χ0n) is 11.7. The van der Waals surface area contributed by atoms with E-state index < -0.39 is 18.7 Å². The molecule has 1 heterocycles. The molecule has 21 heavy (non-hydrogen) atoms. The fourth-order valence-corrected chi connectivity index (χ4v) is 1.43. The highest BCUT2D eigenvalue weighted by Crippen LogP contribution is 2.13. The van der Waals surface area contributed by atoms with E-state index in [0.29, 0.717) is 5.82 Å². The number of nitrogens with one attached hydrogen (secondary N) is 2. The number of aromatic nitrogens is 1. The van der Waals surface area contributed by atoms with Gasteiger partial charge >= 0.3 is 6.18 Å². The average molecular weight is 305 g/mol. The summed E-state index contributed by atoms with van der Waals surface area (Å²) < 4.78 is 39.9. The minimum Gasteiger partial charge on any atom is -0.370 e. The van der Waals surface area contributed by atoms with Crippen LogP contribution in [0.1, 0.15) is 23.8 Å². The number of amides is 1. The normalized spacial score (nSPS) is 11.2. The van der Waals surface area contributed by atoms with E-state index in [4.69, 9.17) is 0 Å². The summed E-state index contributed by atoms with van der Waals surface area (Å²) >= 11 is 0. The Balaban J connectivity index is 2.35. The number of carbonyl (C=O) groups excluding carboxylic acids is 1. The summed E-state index contributed by atoms with van der Waals surface area (Å²) in [7, 11) is 0. The van der Waals surface area contributed by atoms with Gasteiger partial charge in [-0.2, -0.15) is 13.2 Å². The Hall–Kier alpha value is -1.83. The largest absolute Gasteiger partial charge is 0.411 e. The smallest absolute Gasteiger partial charge is 0.370 e. The predicted octanol–water partition coefficient (Wildman–Crippen LogP) is 2.21. The van der Waals surface area contributed by atoms with Crippen LogP contribution in [0.4, 0.5) is 19.0 Å². The van der Waals surface area contributed by atoms with E-state index >= 15 is 0 Å². The lowest BCUT2D eigenvalue weighted by molar-refractivity contribution is -0.173. The second-order valence-corrected chi connectivity index (χ2v) is 4.26. The Morgan fingerprint density at radius 3 is 2.76 bits per heavy atom. The summed E-state index contributed by atoms with van der Waals surface area (Å²) in [5.41, 5.74) is 0.201. The maximum absolute atomic E-state index is 11.8. The number of pyridine rings is 1. The first-order valence-corrected chi connectivity index (χ1v) is 6.56. The highest BCUT2D eigenvalue weighted by molar-refractivity contribution is 5.92. The molecule has 0 atom stereocenters. The number of alkyl halides is 3. The zero-order chi connectivity index (χ0) is 15.7. The Kier molecular flexibility index (Phi) is 6.93. The van der Waals surface area contributed by atoms with Gasteiger partial charge in [-0.3, -0.25) is 4.79 Å². The van der Waals surface area contributed by atoms with Crippen molar-refractivity contribution in [2.24, 2.45) is 0 Å². The molecule has 0 aliphatic carbocycles. The van der Waals surface area contributed by atoms with Crippen molar-refractivity contribution < 1.29 is 22.7 Å². The molecule has 0 aromatic carbocycles. The maximum atomic E-state index is 11.8. The van der Waals surface area contributed by atoms with Gasteiger partial charge in [0.05, 0.1) is 6.61 Å². The second kappa shape index (κ2) is 8.46. The molecule has 0 saturated carbocycles. The summed E-state index contributed by atoms with van der Waals surface area (Å²) in [5.74, 6) is 0.128. The molecule has 5 nitrogen and oxygen atoms in total. The fraction of sp³-hybridized carbons (Fsp3) is 0.538. The molecule has 0 unspecified atom stereocenters. The molecule has 1 rings (SSSR count). The van der Waals surface area contributed by atoms with Crippen molar-refractivity contribution in [1.29, 1.82) is 0 Å². The van der Waals surface area contributed by atoms with Gasteiger partial charge in [0, 0.05) is 13.1 Å². The van der Waals surface area contributed by atoms with E-state index in [1.165, 1.54) is 6.07 Å². The van der Waals surface area contributed by atoms with Crippen molar-refractivity contribution in [2.75, 3.05) is 31.6 Å². The van der Waals surface area contributed by atoms with Crippen LogP contribution < -0.4 is 10.6 Å². The summed E-state index contributed by atoms with van der Waals surface area (Å²) in [5, 5.41) is 5.49. The Labute approximate surface area is 120 Å². The highest BCUT2D eigenvalue weighted by Gasteiger charge is 2.27. The van der Waals surface area contributed by atoms with Gasteiger partial charge in [0.2, 0.25) is 0 Å². The quantitative estimate of drug-likeness (QED) is 0.723. The number of hydrogen-bond donors (Lipinski definition) is 2. The van der Waals surface area contributed by atoms with Crippen molar-refractivity contribution in [2.45, 2.75) is 19.5 Å². The third kappa shape index (κ3) is 7.50. The third-order valence-corrected chi connectivity index (χ3v) is 2.34. The molecule has 2 N–H and O–H groups in total. The van der Waals surface area contributed by atoms with Crippen molar-refractivity contribution in [1.82, 2.24) is 10.3 Å². The standard InChI is InChI=1S/C13H18F3N3O2/c1-2-6-17-11-5-3-4-10(19-11)12(20)18-7-8-21-9-13(14,15)16/h3-5H,2,6-9H2,1H3,(H,17,19)(H,18,20). The number of ether oxygens (including phenoxy) is 1. The van der Waals surface area contributed by atoms with Gasteiger partial charge in [-0.1, -0.05) is 13.0 Å². The molecule has 0 saturated heterocycles. The predicted molar refractivity (Wildman–Crippen MR) is 72.2 cm³/mol. The molecular weight excluding hydrogens is 287 g/mol. The van der Waals surface area contributed by atoms with Crippen LogP contribution >= 0.6 is 0 Å². The number of nitrogens with zero attached hydrogens (tertiary/aromatic N) is 1. The van der Waals surface area contributed by atoms with Crippen LogP contribution in [0, 0.1) is 0 Å². The first-order chi connectivity index (χ1) is 9.92. The van der Waals surface area contributed by atoms with Gasteiger partial charge in [-0.05, 0) is 18.6 Å². The van der Waals surface area contributed by atoms with Gasteiger partial charge < -0.3 is 15.4 Å². The van der Waals surface area contributed by atoms with E-state index in [9.17, 15) is 18.0 Å². The van der Waals surface area contributed by atoms with Crippen LogP contribution in [0.2, 0.25) is 0 Å². The first-order valence-electron chi connectivity index (χ1n) is 6.56. The van der Waals surface area contributed by atoms with Crippen LogP contribution in [0.5, 0.6) is 0 Å². The molecule has 0 fully saturated rings. The lowest BCUT2D eigenvalue weighted by Gasteiger charge is -2.09. The third-order valence-electron chi connectivity index (χ3n) is 2.34. The first kappa shape index (κ1) is 17.2. The number of rotatable bonds is 8. The fourth-order valence-electron chi connectivity index (χ4n) is 1.43. The van der Waals surface area contributed by atoms with E-state index in [1.54, 1.807) is 12.1 Å². The van der Waals surface area contributed by atoms with Crippen LogP contribution in [-0.4, -0.2) is 43.4 Å². The van der Waals surface area contributed by atoms with Crippen molar-refractivity contribution in [3.05, 3.63) is 23.9 Å². The van der Waals surface area contributed by atoms with Gasteiger partial charge in [0.1, 0.15) is 18.1 Å². The number of carbonyl (C=O) groups is 1. The van der Waals surface area contributed by atoms with Gasteiger partial charge in [0.25, 0.3) is 5.91 Å². The molecule has 0 spiro atoms. The summed E-state index contributed by atoms with van der Waals surface area (Å²) in [6.45, 7) is 1.20. The molecule has 8 heteroatoms. The second-order valence-electron chi connectivity index (χ2n) is 4.26. The molecule has 0 aliphatic rings. The molecule has 1 aromatic rings. The molecule has 0 bridgehead atoms. The van der Waals surface area contributed by atoms with Crippen LogP contribution in [0.25, 0.3) is 0 Å². The van der Waals surface area contributed by atoms with Gasteiger partial charge in [0.15, 0.2) is 0 Å². The highest BCUT2D eigenvalue weighted by atomic mass is 19.4. The number of halogens is 3. The molecule has 1 aromatic heterocycles. The van der Waals surface area contributed by atoms with Crippen LogP contribution in [-0.2, 0) is 4.74 Å². The Morgan fingerprint density at radius 2 is 2.10 bits per heavy atom. The lowest BCUT2D eigenvalue weighted by atomic mass is 10.3. The number of anilines is 1. The topological polar surface area (TPSA) is 63.2 Å². The summed E-state index contributed by atoms with van der Waals surface area (Å²) in [6, 6.07) is 4.95. The minimum atomic E-state index is -4.36. The van der Waals surface area contributed by atoms with Crippen molar-refractivity contribution >= 4 is 11.7 Å². The monoisotopic (exact) mass is 305 g/mol. The van der Waals surface area contributed by atoms with E-state index in [2.05, 4.69) is 20.4 Å². The lowest BCUT2D eigenvalue weighted by Crippen LogP contribution is -2.29. The zero-order valence-corrected chi connectivity index (χ0v) is 11.7. The minimum absolute atomic E-state index is 0.0107. The van der Waals surface area contributed by atoms with Crippen LogP contribution in [0.3, 0.4) is 0 Å². The van der Waals surface area contributed by atoms with Gasteiger partial charge in [-0.15, -0.1) is 0 Å². The molecule has 0 radical (unpaired) electrons. The molecule has 1 amide bonds. The average Bonchev–Trinajstić information content (AvgIpc) is 2.43. The Bertz CT molecular complexity index is 453. The Morgan fingerprint density at radius 1 is 1.33 bits per heavy atom. The molecule has 0 aliphatic heterocycles. The molecule has 118 valence electrons. The summed E-state index contributed by atoms with van der Waals surface area (Å²) in [4.78, 5) is 15.9. The van der Waals surface area contributed by atoms with Gasteiger partial charge in [-0.25, -0.2) is 4.98 Å². The maximum Gasteiger partial charge on any atom is 0.411 e. The van der Waals surface area contributed by atoms with E-state index in [-0.39, 0.29) is 18.8 Å². The van der Waals surface area contributed by atoms with E-state index in [1.807, 2.05) is 6.92 Å². The number of hydrogen-bond acceptors (Lipinski definition) is 4. The molecular formula is C13H18F3N3O2. The van der Waals surface area contributed by atoms with Crippen LogP contribution in [0.15, 0.2) is 18.2 Å². The van der Waals surface area contributed by atoms with Crippen molar-refractivity contribution in [3.8, 4) is 0 Å². The SMILES string of the molecule is CCCNc1cccc(C(=O)NCCOCC(F)(F)F)n1. The summed E-state index contributed by atoms with van der Waals surface area (Å²) in [6.07, 6.45) is -3.43. The van der Waals surface area contributed by atoms with Crippen molar-refractivity contribution in [3.63, 3.8) is 0 Å². The van der Waals surface area contributed by atoms with E-state index in [0.717, 1.165) is 13.0 Å².